The fourth-order valence-corrected chi connectivity index (χ4v) is 1.53. The second kappa shape index (κ2) is 7.14. The Balaban J connectivity index is 2.55. The number of ether oxygens (including phenoxy) is 1. The lowest BCUT2D eigenvalue weighted by atomic mass is 10.1. The van der Waals surface area contributed by atoms with Crippen LogP contribution in [0.3, 0.4) is 0 Å². The summed E-state index contributed by atoms with van der Waals surface area (Å²) in [4.78, 5) is 11.7. The van der Waals surface area contributed by atoms with Crippen molar-refractivity contribution in [2.24, 2.45) is 5.73 Å². The van der Waals surface area contributed by atoms with Gasteiger partial charge in [-0.2, -0.15) is 0 Å². The van der Waals surface area contributed by atoms with Gasteiger partial charge in [0.2, 0.25) is 5.91 Å². The number of hydrogen-bond acceptors (Lipinski definition) is 3. The smallest absolute Gasteiger partial charge is 0.406 e. The number of unbranched alkanes of at least 4 members (excludes halogenated alkanes) is 1. The molecular weight excluding hydrogens is 273 g/mol. The number of nitrogens with one attached hydrogen (secondary N) is 1. The van der Waals surface area contributed by atoms with Gasteiger partial charge in [-0.05, 0) is 30.7 Å². The number of hydrogen-bond donors (Lipinski definition) is 2. The van der Waals surface area contributed by atoms with Gasteiger partial charge in [0.25, 0.3) is 0 Å². The number of alkyl halides is 3. The average molecular weight is 290 g/mol. The molecule has 1 rings (SSSR count). The molecule has 1 atom stereocenters. The molecule has 0 spiro atoms. The highest BCUT2D eigenvalue weighted by Gasteiger charge is 2.30. The van der Waals surface area contributed by atoms with E-state index >= 15 is 0 Å². The molecule has 0 saturated heterocycles. The van der Waals surface area contributed by atoms with Crippen molar-refractivity contribution in [3.8, 4) is 5.75 Å². The summed E-state index contributed by atoms with van der Waals surface area (Å²) in [7, 11) is 0. The van der Waals surface area contributed by atoms with E-state index in [2.05, 4.69) is 10.1 Å². The van der Waals surface area contributed by atoms with Crippen molar-refractivity contribution in [1.29, 1.82) is 0 Å². The topological polar surface area (TPSA) is 64.4 Å². The monoisotopic (exact) mass is 290 g/mol. The Morgan fingerprint density at radius 3 is 2.45 bits per heavy atom. The van der Waals surface area contributed by atoms with Gasteiger partial charge in [-0.1, -0.05) is 19.8 Å². The molecule has 4 nitrogen and oxygen atoms in total. The Kier molecular flexibility index (Phi) is 5.82. The lowest BCUT2D eigenvalue weighted by Crippen LogP contribution is -2.35. The average Bonchev–Trinajstić information content (AvgIpc) is 2.36. The number of benzene rings is 1. The van der Waals surface area contributed by atoms with E-state index in [0.717, 1.165) is 25.0 Å². The molecular formula is C13H17F3N2O2. The third-order valence-corrected chi connectivity index (χ3v) is 2.56. The maximum Gasteiger partial charge on any atom is 0.573 e. The summed E-state index contributed by atoms with van der Waals surface area (Å²) in [5.74, 6) is -0.700. The summed E-state index contributed by atoms with van der Waals surface area (Å²) in [6, 6.07) is 4.28. The molecule has 0 aliphatic rings. The fourth-order valence-electron chi connectivity index (χ4n) is 1.53. The Bertz CT molecular complexity index is 432. The Morgan fingerprint density at radius 2 is 1.95 bits per heavy atom. The summed E-state index contributed by atoms with van der Waals surface area (Å²) in [5, 5.41) is 2.54. The van der Waals surface area contributed by atoms with Gasteiger partial charge in [-0.3, -0.25) is 4.79 Å². The molecule has 0 radical (unpaired) electrons. The van der Waals surface area contributed by atoms with E-state index in [9.17, 15) is 18.0 Å². The minimum atomic E-state index is -4.73. The van der Waals surface area contributed by atoms with E-state index in [1.54, 1.807) is 0 Å². The van der Waals surface area contributed by atoms with Crippen LogP contribution in [0.5, 0.6) is 5.75 Å². The van der Waals surface area contributed by atoms with Gasteiger partial charge >= 0.3 is 6.36 Å². The number of carbonyl (C=O) groups excluding carboxylic acids is 1. The molecule has 1 amide bonds. The summed E-state index contributed by atoms with van der Waals surface area (Å²) >= 11 is 0. The molecule has 7 heteroatoms. The van der Waals surface area contributed by atoms with E-state index in [1.807, 2.05) is 6.92 Å². The molecule has 0 aliphatic heterocycles. The van der Waals surface area contributed by atoms with E-state index in [4.69, 9.17) is 5.73 Å². The highest BCUT2D eigenvalue weighted by atomic mass is 19.4. The van der Waals surface area contributed by atoms with Crippen LogP contribution in [-0.2, 0) is 4.79 Å². The zero-order chi connectivity index (χ0) is 15.2. The van der Waals surface area contributed by atoms with Crippen molar-refractivity contribution in [3.63, 3.8) is 0 Å². The van der Waals surface area contributed by atoms with Gasteiger partial charge in [-0.25, -0.2) is 0 Å². The first-order chi connectivity index (χ1) is 9.31. The first kappa shape index (κ1) is 16.3. The van der Waals surface area contributed by atoms with Crippen molar-refractivity contribution in [2.45, 2.75) is 38.6 Å². The second-order valence-corrected chi connectivity index (χ2v) is 4.31. The number of rotatable bonds is 6. The summed E-state index contributed by atoms with van der Waals surface area (Å²) < 4.78 is 39.6. The van der Waals surface area contributed by atoms with Crippen LogP contribution in [0.2, 0.25) is 0 Å². The zero-order valence-corrected chi connectivity index (χ0v) is 11.0. The minimum Gasteiger partial charge on any atom is -0.406 e. The van der Waals surface area contributed by atoms with Crippen molar-refractivity contribution in [2.75, 3.05) is 5.32 Å². The summed E-state index contributed by atoms with van der Waals surface area (Å²) in [5.41, 5.74) is 6.05. The molecule has 0 bridgehead atoms. The van der Waals surface area contributed by atoms with E-state index < -0.39 is 12.4 Å². The third kappa shape index (κ3) is 5.92. The van der Waals surface area contributed by atoms with Crippen LogP contribution in [0, 0.1) is 0 Å². The molecule has 0 fully saturated rings. The van der Waals surface area contributed by atoms with Gasteiger partial charge in [0, 0.05) is 5.69 Å². The van der Waals surface area contributed by atoms with Crippen LogP contribution in [0.15, 0.2) is 24.3 Å². The van der Waals surface area contributed by atoms with Gasteiger partial charge in [0.05, 0.1) is 6.04 Å². The lowest BCUT2D eigenvalue weighted by molar-refractivity contribution is -0.274. The zero-order valence-electron chi connectivity index (χ0n) is 11.0. The van der Waals surface area contributed by atoms with Crippen LogP contribution >= 0.6 is 0 Å². The molecule has 0 unspecified atom stereocenters. The maximum absolute atomic E-state index is 12.0. The lowest BCUT2D eigenvalue weighted by Gasteiger charge is -2.12. The molecule has 1 aromatic rings. The maximum atomic E-state index is 12.0. The SMILES string of the molecule is CCCC[C@H](N)C(=O)Nc1ccc(OC(F)(F)F)cc1. The van der Waals surface area contributed by atoms with E-state index in [1.165, 1.54) is 12.1 Å². The van der Waals surface area contributed by atoms with Crippen LogP contribution in [0.4, 0.5) is 18.9 Å². The van der Waals surface area contributed by atoms with E-state index in [-0.39, 0.29) is 11.7 Å². The molecule has 0 aromatic heterocycles. The Morgan fingerprint density at radius 1 is 1.35 bits per heavy atom. The van der Waals surface area contributed by atoms with Gasteiger partial charge in [0.15, 0.2) is 0 Å². The summed E-state index contributed by atoms with van der Waals surface area (Å²) in [6.45, 7) is 1.99. The summed E-state index contributed by atoms with van der Waals surface area (Å²) in [6.07, 6.45) is -2.39. The molecule has 20 heavy (non-hydrogen) atoms. The number of halogens is 3. The van der Waals surface area contributed by atoms with E-state index in [0.29, 0.717) is 12.1 Å². The molecule has 0 heterocycles. The van der Waals surface area contributed by atoms with Crippen LogP contribution in [-0.4, -0.2) is 18.3 Å². The van der Waals surface area contributed by atoms with Crippen LogP contribution in [0.25, 0.3) is 0 Å². The quantitative estimate of drug-likeness (QED) is 0.846. The predicted octanol–water partition coefficient (Wildman–Crippen LogP) is 3.04. The fraction of sp³-hybridized carbons (Fsp3) is 0.462. The predicted molar refractivity (Wildman–Crippen MR) is 69.3 cm³/mol. The first-order valence-electron chi connectivity index (χ1n) is 6.24. The first-order valence-corrected chi connectivity index (χ1v) is 6.24. The van der Waals surface area contributed by atoms with Crippen LogP contribution in [0.1, 0.15) is 26.2 Å². The highest BCUT2D eigenvalue weighted by molar-refractivity contribution is 5.94. The largest absolute Gasteiger partial charge is 0.573 e. The van der Waals surface area contributed by atoms with Crippen LogP contribution < -0.4 is 15.8 Å². The number of carbonyl (C=O) groups is 1. The molecule has 1 aromatic carbocycles. The normalized spacial score (nSPS) is 12.8. The second-order valence-electron chi connectivity index (χ2n) is 4.31. The highest BCUT2D eigenvalue weighted by Crippen LogP contribution is 2.23. The number of nitrogens with two attached hydrogens (primary N) is 1. The van der Waals surface area contributed by atoms with Crippen molar-refractivity contribution < 1.29 is 22.7 Å². The standard InChI is InChI=1S/C13H17F3N2O2/c1-2-3-4-11(17)12(19)18-9-5-7-10(8-6-9)20-13(14,15)16/h5-8,11H,2-4,17H2,1H3,(H,18,19)/t11-/m0/s1. The van der Waals surface area contributed by atoms with Gasteiger partial charge in [-0.15, -0.1) is 13.2 Å². The third-order valence-electron chi connectivity index (χ3n) is 2.56. The van der Waals surface area contributed by atoms with Crippen molar-refractivity contribution >= 4 is 11.6 Å². The Hall–Kier alpha value is -1.76. The molecule has 112 valence electrons. The minimum absolute atomic E-state index is 0.342. The van der Waals surface area contributed by atoms with Crippen molar-refractivity contribution in [3.05, 3.63) is 24.3 Å². The molecule has 0 aliphatic carbocycles. The number of anilines is 1. The Labute approximate surface area is 115 Å². The molecule has 3 N–H and O–H groups in total. The van der Waals surface area contributed by atoms with Gasteiger partial charge < -0.3 is 15.8 Å². The van der Waals surface area contributed by atoms with Crippen molar-refractivity contribution in [1.82, 2.24) is 0 Å². The van der Waals surface area contributed by atoms with Gasteiger partial charge in [0.1, 0.15) is 5.75 Å². The molecule has 0 saturated carbocycles. The number of amides is 1.